The van der Waals surface area contributed by atoms with Crippen molar-refractivity contribution in [3.63, 3.8) is 0 Å². The summed E-state index contributed by atoms with van der Waals surface area (Å²) in [6.45, 7) is 0.125. The van der Waals surface area contributed by atoms with Gasteiger partial charge in [0.15, 0.2) is 0 Å². The van der Waals surface area contributed by atoms with Crippen LogP contribution in [-0.2, 0) is 53.3 Å². The molecule has 0 radical (unpaired) electrons. The van der Waals surface area contributed by atoms with Crippen LogP contribution >= 0.6 is 0 Å². The summed E-state index contributed by atoms with van der Waals surface area (Å²) in [6, 6.07) is 0. The molecule has 0 N–H and O–H groups in total. The molecule has 0 heterocycles. The van der Waals surface area contributed by atoms with E-state index in [-0.39, 0.29) is 51.9 Å². The minimum atomic E-state index is 0. The average molecular weight is 205 g/mol. The van der Waals surface area contributed by atoms with Crippen molar-refractivity contribution in [2.75, 3.05) is 0 Å². The first kappa shape index (κ1) is 15.7. The van der Waals surface area contributed by atoms with Crippen LogP contribution in [0.1, 0.15) is 0 Å². The van der Waals surface area contributed by atoms with Crippen molar-refractivity contribution in [1.29, 1.82) is 0 Å². The summed E-state index contributed by atoms with van der Waals surface area (Å²) in [6.07, 6.45) is 0. The molecule has 0 aromatic rings. The van der Waals surface area contributed by atoms with Gasteiger partial charge < -0.3 is 4.74 Å². The van der Waals surface area contributed by atoms with Gasteiger partial charge in [0.05, 0.1) is 0 Å². The van der Waals surface area contributed by atoms with Crippen molar-refractivity contribution in [1.82, 2.24) is 0 Å². The molecule has 0 aliphatic rings. The second-order valence-corrected chi connectivity index (χ2v) is 0.329. The molecular formula is C2H2O3Zn2. The summed E-state index contributed by atoms with van der Waals surface area (Å²) in [7, 11) is 0. The van der Waals surface area contributed by atoms with Crippen molar-refractivity contribution in [2.45, 2.75) is 0 Å². The summed E-state index contributed by atoms with van der Waals surface area (Å²) >= 11 is 0. The first-order valence-corrected chi connectivity index (χ1v) is 0.943. The zero-order valence-electron chi connectivity index (χ0n) is 3.79. The van der Waals surface area contributed by atoms with Gasteiger partial charge in [-0.05, 0) is 0 Å². The third-order valence-corrected chi connectivity index (χ3v) is 0.111. The Labute approximate surface area is 66.3 Å². The van der Waals surface area contributed by atoms with Gasteiger partial charge in [-0.1, -0.05) is 0 Å². The van der Waals surface area contributed by atoms with E-state index >= 15 is 0 Å². The minimum absolute atomic E-state index is 0. The van der Waals surface area contributed by atoms with Gasteiger partial charge in [0.2, 0.25) is 0 Å². The van der Waals surface area contributed by atoms with Crippen LogP contribution in [0.15, 0.2) is 0 Å². The maximum absolute atomic E-state index is 8.95. The van der Waals surface area contributed by atoms with Crippen LogP contribution in [0.4, 0.5) is 0 Å². The molecule has 0 aliphatic carbocycles. The van der Waals surface area contributed by atoms with E-state index in [1.54, 1.807) is 0 Å². The van der Waals surface area contributed by atoms with Crippen LogP contribution in [0.3, 0.4) is 0 Å². The fourth-order valence-corrected chi connectivity index (χ4v) is 0.0227. The van der Waals surface area contributed by atoms with Gasteiger partial charge in [-0.25, -0.2) is 0 Å². The standard InChI is InChI=1S/C2H2O3.2Zn/c3-1-5-2-4;;/h1-2H;;. The monoisotopic (exact) mass is 202 g/mol. The summed E-state index contributed by atoms with van der Waals surface area (Å²) < 4.78 is 3.47. The number of carbonyl (C=O) groups excluding carboxylic acids is 2. The molecule has 0 aromatic heterocycles. The van der Waals surface area contributed by atoms with Crippen LogP contribution in [0, 0.1) is 0 Å². The number of hydrogen-bond donors (Lipinski definition) is 0. The zero-order chi connectivity index (χ0) is 4.12. The van der Waals surface area contributed by atoms with E-state index in [4.69, 9.17) is 9.59 Å². The number of rotatable bonds is 2. The molecule has 0 bridgehead atoms. The molecule has 3 nitrogen and oxygen atoms in total. The van der Waals surface area contributed by atoms with Crippen molar-refractivity contribution < 1.29 is 53.3 Å². The summed E-state index contributed by atoms with van der Waals surface area (Å²) in [5.74, 6) is 0. The Morgan fingerprint density at radius 3 is 1.29 bits per heavy atom. The Morgan fingerprint density at radius 1 is 1.00 bits per heavy atom. The van der Waals surface area contributed by atoms with Crippen molar-refractivity contribution >= 4 is 12.9 Å². The minimum Gasteiger partial charge on any atom is -0.398 e. The predicted octanol–water partition coefficient (Wildman–Crippen LogP) is -0.689. The number of ether oxygens (including phenoxy) is 1. The molecule has 0 saturated carbocycles. The topological polar surface area (TPSA) is 43.4 Å². The van der Waals surface area contributed by atoms with E-state index in [1.165, 1.54) is 0 Å². The van der Waals surface area contributed by atoms with E-state index in [1.807, 2.05) is 0 Å². The summed E-state index contributed by atoms with van der Waals surface area (Å²) in [4.78, 5) is 17.9. The van der Waals surface area contributed by atoms with Crippen molar-refractivity contribution in [2.24, 2.45) is 0 Å². The Hall–Kier alpha value is 0.387. The molecule has 0 fully saturated rings. The molecule has 0 amide bonds. The molecule has 0 atom stereocenters. The molecule has 5 heteroatoms. The zero-order valence-corrected chi connectivity index (χ0v) is 9.73. The molecule has 0 aromatic carbocycles. The largest absolute Gasteiger partial charge is 0.398 e. The van der Waals surface area contributed by atoms with Gasteiger partial charge in [0, 0.05) is 39.0 Å². The van der Waals surface area contributed by atoms with Crippen LogP contribution < -0.4 is 0 Å². The van der Waals surface area contributed by atoms with Crippen molar-refractivity contribution in [3.8, 4) is 0 Å². The Balaban J connectivity index is -0.0000000800. The maximum atomic E-state index is 8.95. The maximum Gasteiger partial charge on any atom is 0.300 e. The van der Waals surface area contributed by atoms with E-state index in [0.717, 1.165) is 0 Å². The fourth-order valence-electron chi connectivity index (χ4n) is 0.0227. The van der Waals surface area contributed by atoms with Crippen LogP contribution in [0.25, 0.3) is 0 Å². The predicted molar refractivity (Wildman–Crippen MR) is 13.2 cm³/mol. The molecule has 0 rings (SSSR count). The molecule has 0 spiro atoms. The molecule has 0 unspecified atom stereocenters. The molecular weight excluding hydrogens is 203 g/mol. The molecule has 0 saturated heterocycles. The van der Waals surface area contributed by atoms with Gasteiger partial charge in [-0.2, -0.15) is 0 Å². The smallest absolute Gasteiger partial charge is 0.300 e. The first-order chi connectivity index (χ1) is 2.41. The van der Waals surface area contributed by atoms with Gasteiger partial charge in [0.1, 0.15) is 0 Å². The molecule has 7 heavy (non-hydrogen) atoms. The normalized spacial score (nSPS) is 4.00. The number of carbonyl (C=O) groups is 2. The van der Waals surface area contributed by atoms with Gasteiger partial charge in [-0.15, -0.1) is 0 Å². The van der Waals surface area contributed by atoms with Crippen LogP contribution in [0.2, 0.25) is 0 Å². The van der Waals surface area contributed by atoms with Gasteiger partial charge in [-0.3, -0.25) is 9.59 Å². The molecule has 0 aliphatic heterocycles. The fraction of sp³-hybridized carbons (Fsp3) is 0. The van der Waals surface area contributed by atoms with E-state index in [2.05, 4.69) is 4.74 Å². The van der Waals surface area contributed by atoms with Gasteiger partial charge in [0.25, 0.3) is 0 Å². The molecule has 32 valence electrons. The quantitative estimate of drug-likeness (QED) is 0.340. The average Bonchev–Trinajstić information content (AvgIpc) is 1.41. The van der Waals surface area contributed by atoms with Crippen molar-refractivity contribution in [3.05, 3.63) is 0 Å². The second kappa shape index (κ2) is 16.2. The third-order valence-electron chi connectivity index (χ3n) is 0.111. The number of hydrogen-bond acceptors (Lipinski definition) is 3. The van der Waals surface area contributed by atoms with E-state index in [0.29, 0.717) is 0 Å². The van der Waals surface area contributed by atoms with Crippen LogP contribution in [-0.4, -0.2) is 12.9 Å². The first-order valence-electron chi connectivity index (χ1n) is 0.943. The SMILES string of the molecule is O=COC=O.[Zn].[Zn]. The van der Waals surface area contributed by atoms with Crippen LogP contribution in [0.5, 0.6) is 0 Å². The van der Waals surface area contributed by atoms with Gasteiger partial charge >= 0.3 is 12.9 Å². The van der Waals surface area contributed by atoms with E-state index < -0.39 is 0 Å². The Bertz CT molecular complexity index is 40.2. The third kappa shape index (κ3) is 21.6. The van der Waals surface area contributed by atoms with E-state index in [9.17, 15) is 0 Å². The second-order valence-electron chi connectivity index (χ2n) is 0.329. The Morgan fingerprint density at radius 2 is 1.29 bits per heavy atom. The Kier molecular flexibility index (Phi) is 36.1. The summed E-state index contributed by atoms with van der Waals surface area (Å²) in [5, 5.41) is 0. The summed E-state index contributed by atoms with van der Waals surface area (Å²) in [5.41, 5.74) is 0.